The first-order chi connectivity index (χ1) is 13.2. The first kappa shape index (κ1) is 18.7. The largest absolute Gasteiger partial charge is 0.486 e. The van der Waals surface area contributed by atoms with E-state index in [0.717, 1.165) is 19.2 Å². The van der Waals surface area contributed by atoms with Crippen molar-refractivity contribution in [3.63, 3.8) is 0 Å². The minimum absolute atomic E-state index is 0.0485. The van der Waals surface area contributed by atoms with Gasteiger partial charge >= 0.3 is 6.18 Å². The summed E-state index contributed by atoms with van der Waals surface area (Å²) in [5.41, 5.74) is -1.71. The molecule has 6 nitrogen and oxygen atoms in total. The molecule has 0 spiro atoms. The third-order valence-electron chi connectivity index (χ3n) is 5.08. The maximum atomic E-state index is 14.5. The number of fused-ring (bicyclic) bond motifs is 1. The summed E-state index contributed by atoms with van der Waals surface area (Å²) in [6.45, 7) is 1.70. The number of H-pyrrole nitrogens is 1. The molecule has 1 aromatic heterocycles. The Balaban J connectivity index is 1.61. The molecule has 1 unspecified atom stereocenters. The lowest BCUT2D eigenvalue weighted by Gasteiger charge is -2.21. The number of benzene rings is 1. The van der Waals surface area contributed by atoms with E-state index in [4.69, 9.17) is 4.74 Å². The van der Waals surface area contributed by atoms with Gasteiger partial charge in [0.25, 0.3) is 5.56 Å². The smallest absolute Gasteiger partial charge is 0.423 e. The monoisotopic (exact) mass is 398 g/mol. The van der Waals surface area contributed by atoms with Crippen LogP contribution in [-0.2, 0) is 19.3 Å². The minimum atomic E-state index is -4.82. The average molecular weight is 398 g/mol. The summed E-state index contributed by atoms with van der Waals surface area (Å²) in [5, 5.41) is 5.31. The Kier molecular flexibility index (Phi) is 4.53. The molecule has 2 aromatic rings. The minimum Gasteiger partial charge on any atom is -0.486 e. The number of aromatic nitrogens is 2. The normalized spacial score (nSPS) is 19.9. The molecule has 2 aliphatic rings. The molecule has 0 saturated carbocycles. The number of aromatic amines is 1. The number of nitrogens with zero attached hydrogens (tertiary/aromatic N) is 3. The second-order valence-electron chi connectivity index (χ2n) is 7.16. The Morgan fingerprint density at radius 1 is 1.25 bits per heavy atom. The molecule has 4 rings (SSSR count). The zero-order valence-corrected chi connectivity index (χ0v) is 15.0. The van der Waals surface area contributed by atoms with Gasteiger partial charge in [0, 0.05) is 26.2 Å². The number of rotatable bonds is 3. The molecule has 0 radical (unpaired) electrons. The molecule has 0 bridgehead atoms. The van der Waals surface area contributed by atoms with Crippen molar-refractivity contribution < 1.29 is 22.3 Å². The lowest BCUT2D eigenvalue weighted by Crippen LogP contribution is -2.28. The van der Waals surface area contributed by atoms with Gasteiger partial charge in [-0.15, -0.1) is 0 Å². The molecular weight excluding hydrogens is 380 g/mol. The van der Waals surface area contributed by atoms with E-state index < -0.39 is 23.1 Å². The third kappa shape index (κ3) is 3.44. The van der Waals surface area contributed by atoms with Gasteiger partial charge in [-0.1, -0.05) is 0 Å². The predicted octanol–water partition coefficient (Wildman–Crippen LogP) is 2.53. The van der Waals surface area contributed by atoms with Crippen molar-refractivity contribution in [3.8, 4) is 5.75 Å². The summed E-state index contributed by atoms with van der Waals surface area (Å²) in [6, 6.07) is 2.83. The predicted molar refractivity (Wildman–Crippen MR) is 92.7 cm³/mol. The fourth-order valence-corrected chi connectivity index (χ4v) is 3.73. The van der Waals surface area contributed by atoms with Gasteiger partial charge in [0.1, 0.15) is 11.7 Å². The zero-order valence-electron chi connectivity index (χ0n) is 15.0. The van der Waals surface area contributed by atoms with Gasteiger partial charge in [-0.25, -0.2) is 9.49 Å². The van der Waals surface area contributed by atoms with Gasteiger partial charge < -0.3 is 14.5 Å². The maximum Gasteiger partial charge on any atom is 0.423 e. The number of hydrogen-bond acceptors (Lipinski definition) is 5. The van der Waals surface area contributed by atoms with Gasteiger partial charge in [-0.2, -0.15) is 18.3 Å². The molecular formula is C18H18F4N4O2. The molecule has 1 aromatic carbocycles. The van der Waals surface area contributed by atoms with Crippen molar-refractivity contribution in [2.75, 3.05) is 25.0 Å². The topological polar surface area (TPSA) is 61.5 Å². The number of likely N-dealkylation sites (tertiary alicyclic amines) is 1. The standard InChI is InChI=1S/C18H18F4N4O2/c1-25-3-2-12(9-25)28-15-5-11-8-26(7-10(11)4-13(15)19)14-6-23-24-17(27)16(14)18(20,21)22/h4-6,12H,2-3,7-9H2,1H3,(H,24,27). The highest BCUT2D eigenvalue weighted by Crippen LogP contribution is 2.38. The van der Waals surface area contributed by atoms with Crippen LogP contribution >= 0.6 is 0 Å². The van der Waals surface area contributed by atoms with Crippen LogP contribution < -0.4 is 15.2 Å². The fraction of sp³-hybridized carbons (Fsp3) is 0.444. The third-order valence-corrected chi connectivity index (χ3v) is 5.08. The molecule has 3 heterocycles. The molecule has 2 aliphatic heterocycles. The Morgan fingerprint density at radius 2 is 1.96 bits per heavy atom. The molecule has 0 aliphatic carbocycles. The number of nitrogens with one attached hydrogen (secondary N) is 1. The Bertz CT molecular complexity index is 960. The van der Waals surface area contributed by atoms with E-state index in [1.807, 2.05) is 12.1 Å². The number of ether oxygens (including phenoxy) is 1. The van der Waals surface area contributed by atoms with Crippen LogP contribution in [0.2, 0.25) is 0 Å². The highest BCUT2D eigenvalue weighted by atomic mass is 19.4. The summed E-state index contributed by atoms with van der Waals surface area (Å²) < 4.78 is 60.2. The summed E-state index contributed by atoms with van der Waals surface area (Å²) in [4.78, 5) is 15.1. The average Bonchev–Trinajstić information content (AvgIpc) is 3.19. The summed E-state index contributed by atoms with van der Waals surface area (Å²) >= 11 is 0. The number of anilines is 1. The van der Waals surface area contributed by atoms with Crippen molar-refractivity contribution in [1.82, 2.24) is 15.1 Å². The zero-order chi connectivity index (χ0) is 20.1. The summed E-state index contributed by atoms with van der Waals surface area (Å²) in [6.07, 6.45) is -3.19. The number of hydrogen-bond donors (Lipinski definition) is 1. The molecule has 1 fully saturated rings. The van der Waals surface area contributed by atoms with Crippen LogP contribution in [0.25, 0.3) is 0 Å². The highest BCUT2D eigenvalue weighted by molar-refractivity contribution is 5.57. The summed E-state index contributed by atoms with van der Waals surface area (Å²) in [5.74, 6) is -0.448. The van der Waals surface area contributed by atoms with Crippen molar-refractivity contribution in [3.05, 3.63) is 51.2 Å². The lowest BCUT2D eigenvalue weighted by molar-refractivity contribution is -0.138. The Morgan fingerprint density at radius 3 is 2.61 bits per heavy atom. The SMILES string of the molecule is CN1CCC(Oc2cc3c(cc2F)CN(c2cn[nH]c(=O)c2C(F)(F)F)C3)C1. The molecule has 150 valence electrons. The Labute approximate surface area is 157 Å². The van der Waals surface area contributed by atoms with Crippen molar-refractivity contribution in [2.24, 2.45) is 0 Å². The van der Waals surface area contributed by atoms with Crippen LogP contribution in [0, 0.1) is 5.82 Å². The lowest BCUT2D eigenvalue weighted by atomic mass is 10.1. The number of alkyl halides is 3. The van der Waals surface area contributed by atoms with Gasteiger partial charge in [0.2, 0.25) is 0 Å². The molecule has 10 heteroatoms. The number of halogens is 4. The first-order valence-corrected chi connectivity index (χ1v) is 8.78. The second kappa shape index (κ2) is 6.77. The van der Waals surface area contributed by atoms with Crippen LogP contribution in [0.4, 0.5) is 23.2 Å². The summed E-state index contributed by atoms with van der Waals surface area (Å²) in [7, 11) is 1.95. The van der Waals surface area contributed by atoms with Crippen LogP contribution in [0.15, 0.2) is 23.1 Å². The van der Waals surface area contributed by atoms with E-state index in [0.29, 0.717) is 17.7 Å². The molecule has 0 amide bonds. The maximum absolute atomic E-state index is 14.5. The van der Waals surface area contributed by atoms with E-state index >= 15 is 0 Å². The van der Waals surface area contributed by atoms with E-state index in [1.165, 1.54) is 17.0 Å². The highest BCUT2D eigenvalue weighted by Gasteiger charge is 2.39. The molecule has 1 N–H and O–H groups in total. The van der Waals surface area contributed by atoms with E-state index in [2.05, 4.69) is 10.00 Å². The van der Waals surface area contributed by atoms with Gasteiger partial charge in [-0.3, -0.25) is 4.79 Å². The van der Waals surface area contributed by atoms with Crippen molar-refractivity contribution in [2.45, 2.75) is 31.8 Å². The van der Waals surface area contributed by atoms with E-state index in [-0.39, 0.29) is 30.6 Å². The van der Waals surface area contributed by atoms with Crippen LogP contribution in [0.1, 0.15) is 23.1 Å². The number of likely N-dealkylation sites (N-methyl/N-ethyl adjacent to an activating group) is 1. The first-order valence-electron chi connectivity index (χ1n) is 8.78. The van der Waals surface area contributed by atoms with E-state index in [1.54, 1.807) is 0 Å². The van der Waals surface area contributed by atoms with Gasteiger partial charge in [0.05, 0.1) is 11.9 Å². The van der Waals surface area contributed by atoms with Crippen molar-refractivity contribution in [1.29, 1.82) is 0 Å². The second-order valence-corrected chi connectivity index (χ2v) is 7.16. The van der Waals surface area contributed by atoms with Gasteiger partial charge in [0.15, 0.2) is 11.6 Å². The van der Waals surface area contributed by atoms with Crippen molar-refractivity contribution >= 4 is 5.69 Å². The quantitative estimate of drug-likeness (QED) is 0.806. The van der Waals surface area contributed by atoms with Crippen LogP contribution in [0.5, 0.6) is 5.75 Å². The molecule has 1 saturated heterocycles. The Hall–Kier alpha value is -2.62. The van der Waals surface area contributed by atoms with Crippen LogP contribution in [0.3, 0.4) is 0 Å². The molecule has 28 heavy (non-hydrogen) atoms. The fourth-order valence-electron chi connectivity index (χ4n) is 3.73. The van der Waals surface area contributed by atoms with Crippen LogP contribution in [-0.4, -0.2) is 41.3 Å². The van der Waals surface area contributed by atoms with E-state index in [9.17, 15) is 22.4 Å². The molecule has 1 atom stereocenters. The van der Waals surface area contributed by atoms with Gasteiger partial charge in [-0.05, 0) is 36.7 Å².